The smallest absolute Gasteiger partial charge is 0.306 e. The summed E-state index contributed by atoms with van der Waals surface area (Å²) < 4.78 is 28.9. The second kappa shape index (κ2) is 8.55. The number of nitrogen functional groups attached to an aromatic ring is 1. The zero-order valence-corrected chi connectivity index (χ0v) is 15.6. The summed E-state index contributed by atoms with van der Waals surface area (Å²) in [5.74, 6) is -1.68. The second-order valence-corrected chi connectivity index (χ2v) is 6.08. The Bertz CT molecular complexity index is 940. The summed E-state index contributed by atoms with van der Waals surface area (Å²) >= 11 is 0. The van der Waals surface area contributed by atoms with E-state index >= 15 is 0 Å². The van der Waals surface area contributed by atoms with E-state index in [1.54, 1.807) is 0 Å². The first-order valence-electron chi connectivity index (χ1n) is 9.05. The van der Waals surface area contributed by atoms with Gasteiger partial charge in [-0.25, -0.2) is 4.98 Å². The maximum absolute atomic E-state index is 11.8. The molecule has 158 valence electrons. The van der Waals surface area contributed by atoms with Crippen molar-refractivity contribution >= 4 is 29.1 Å². The lowest BCUT2D eigenvalue weighted by Crippen LogP contribution is -2.34. The average Bonchev–Trinajstić information content (AvgIpc) is 3.26. The Morgan fingerprint density at radius 3 is 2.76 bits per heavy atom. The fraction of sp³-hybridized carbons (Fsp3) is 0.562. The Kier molecular flexibility index (Phi) is 5.69. The van der Waals surface area contributed by atoms with Crippen molar-refractivity contribution in [3.63, 3.8) is 0 Å². The summed E-state index contributed by atoms with van der Waals surface area (Å²) in [6.07, 6.45) is -5.60. The van der Waals surface area contributed by atoms with Gasteiger partial charge in [0, 0.05) is 1.37 Å². The zero-order valence-electron chi connectivity index (χ0n) is 16.6. The molecule has 2 aromatic heterocycles. The molecule has 2 unspecified atom stereocenters. The molecule has 0 spiro atoms. The monoisotopic (exact) mass is 412 g/mol. The van der Waals surface area contributed by atoms with Crippen LogP contribution < -0.4 is 10.5 Å². The van der Waals surface area contributed by atoms with E-state index in [1.165, 1.54) is 18.0 Å². The van der Waals surface area contributed by atoms with E-state index in [4.69, 9.17) is 21.3 Å². The van der Waals surface area contributed by atoms with Crippen LogP contribution in [0, 0.1) is 0 Å². The maximum Gasteiger partial charge on any atom is 0.306 e. The molecule has 1 saturated heterocycles. The number of anilines is 1. The highest BCUT2D eigenvalue weighted by Gasteiger charge is 2.45. The standard InChI is InChI=1S/C16H21N5O8/c1-26-8(22)3-4-9(23)28-5-7-11(24)12(25)15(29-7)21-6-18-10-13(21)19-16(17)20-14(10)27-2/h6-7,11-12,15,24-25H,3-5H2,1-2H3,(H2,17,19,20)/t7-,11-,12+,15?/m1/s1/i3D/t3?,7-,11-,12+,15?. The Labute approximate surface area is 165 Å². The van der Waals surface area contributed by atoms with Gasteiger partial charge in [0.1, 0.15) is 24.9 Å². The van der Waals surface area contributed by atoms with Crippen molar-refractivity contribution in [1.29, 1.82) is 0 Å². The molecule has 3 heterocycles. The highest BCUT2D eigenvalue weighted by atomic mass is 16.6. The molecule has 0 radical (unpaired) electrons. The van der Waals surface area contributed by atoms with Gasteiger partial charge in [-0.2, -0.15) is 9.97 Å². The van der Waals surface area contributed by atoms with Crippen LogP contribution in [-0.2, 0) is 23.8 Å². The van der Waals surface area contributed by atoms with Gasteiger partial charge in [0.25, 0.3) is 0 Å². The molecular weight excluding hydrogens is 390 g/mol. The first-order valence-corrected chi connectivity index (χ1v) is 8.48. The summed E-state index contributed by atoms with van der Waals surface area (Å²) in [5.41, 5.74) is 6.15. The molecule has 1 aliphatic rings. The van der Waals surface area contributed by atoms with E-state index in [1.807, 2.05) is 0 Å². The second-order valence-electron chi connectivity index (χ2n) is 6.08. The molecule has 0 bridgehead atoms. The topological polar surface area (TPSA) is 181 Å². The highest BCUT2D eigenvalue weighted by Crippen LogP contribution is 2.33. The number of aliphatic hydroxyl groups is 2. The van der Waals surface area contributed by atoms with E-state index in [2.05, 4.69) is 19.7 Å². The number of imidazole rings is 1. The maximum atomic E-state index is 11.8. The number of methoxy groups -OCH3 is 2. The van der Waals surface area contributed by atoms with Crippen molar-refractivity contribution < 1.29 is 40.1 Å². The first-order chi connectivity index (χ1) is 14.3. The van der Waals surface area contributed by atoms with Crippen molar-refractivity contribution in [2.75, 3.05) is 26.6 Å². The number of hydrogen-bond acceptors (Lipinski definition) is 12. The van der Waals surface area contributed by atoms with Gasteiger partial charge in [0.05, 0.1) is 33.4 Å². The van der Waals surface area contributed by atoms with Gasteiger partial charge >= 0.3 is 11.9 Å². The molecule has 1 aliphatic heterocycles. The van der Waals surface area contributed by atoms with E-state index in [-0.39, 0.29) is 23.0 Å². The van der Waals surface area contributed by atoms with Crippen molar-refractivity contribution in [3.8, 4) is 5.88 Å². The third-order valence-electron chi connectivity index (χ3n) is 4.26. The van der Waals surface area contributed by atoms with Crippen LogP contribution in [0.5, 0.6) is 5.88 Å². The number of hydrogen-bond donors (Lipinski definition) is 3. The number of ether oxygens (including phenoxy) is 4. The predicted molar refractivity (Wildman–Crippen MR) is 94.4 cm³/mol. The Hall–Kier alpha value is -3.03. The lowest BCUT2D eigenvalue weighted by Gasteiger charge is -2.16. The SMILES string of the molecule is [2H]C(CC(=O)OC[C@H]1OC(n2cnc3c(OC)nc(N)nc32)[C@@H](O)[C@@H]1O)C(=O)OC. The number of carbonyl (C=O) groups is 2. The fourth-order valence-corrected chi connectivity index (χ4v) is 2.82. The van der Waals surface area contributed by atoms with Gasteiger partial charge < -0.3 is 34.9 Å². The highest BCUT2D eigenvalue weighted by molar-refractivity contribution is 5.78. The van der Waals surface area contributed by atoms with Crippen LogP contribution in [-0.4, -0.2) is 80.8 Å². The van der Waals surface area contributed by atoms with E-state index in [0.29, 0.717) is 0 Å². The van der Waals surface area contributed by atoms with Crippen LogP contribution in [0.2, 0.25) is 0 Å². The molecule has 1 fully saturated rings. The average molecular weight is 412 g/mol. The molecule has 3 rings (SSSR count). The van der Waals surface area contributed by atoms with Crippen molar-refractivity contribution in [1.82, 2.24) is 19.5 Å². The molecule has 13 heteroatoms. The van der Waals surface area contributed by atoms with Crippen molar-refractivity contribution in [3.05, 3.63) is 6.33 Å². The fourth-order valence-electron chi connectivity index (χ4n) is 2.82. The number of aromatic nitrogens is 4. The van der Waals surface area contributed by atoms with Crippen LogP contribution in [0.1, 0.15) is 20.4 Å². The molecule has 0 amide bonds. The van der Waals surface area contributed by atoms with Crippen LogP contribution in [0.3, 0.4) is 0 Å². The van der Waals surface area contributed by atoms with Crippen LogP contribution in [0.4, 0.5) is 5.95 Å². The molecule has 0 saturated carbocycles. The van der Waals surface area contributed by atoms with Gasteiger partial charge in [-0.3, -0.25) is 14.2 Å². The van der Waals surface area contributed by atoms with Crippen LogP contribution in [0.25, 0.3) is 11.2 Å². The van der Waals surface area contributed by atoms with Crippen LogP contribution in [0.15, 0.2) is 6.33 Å². The third kappa shape index (κ3) is 4.21. The molecule has 0 aliphatic carbocycles. The van der Waals surface area contributed by atoms with Gasteiger partial charge in [-0.15, -0.1) is 0 Å². The third-order valence-corrected chi connectivity index (χ3v) is 4.26. The summed E-state index contributed by atoms with van der Waals surface area (Å²) in [6, 6.07) is 0. The summed E-state index contributed by atoms with van der Waals surface area (Å²) in [7, 11) is 2.49. The van der Waals surface area contributed by atoms with Gasteiger partial charge in [-0.05, 0) is 0 Å². The molecule has 0 aromatic carbocycles. The normalized spacial score (nSPS) is 25.4. The summed E-state index contributed by atoms with van der Waals surface area (Å²) in [4.78, 5) is 35.1. The van der Waals surface area contributed by atoms with Crippen molar-refractivity contribution in [2.24, 2.45) is 0 Å². The molecular formula is C16H21N5O8. The van der Waals surface area contributed by atoms with E-state index < -0.39 is 55.9 Å². The van der Waals surface area contributed by atoms with Gasteiger partial charge in [0.15, 0.2) is 17.4 Å². The number of fused-ring (bicyclic) bond motifs is 1. The molecule has 4 N–H and O–H groups in total. The number of aliphatic hydroxyl groups excluding tert-OH is 2. The molecule has 13 nitrogen and oxygen atoms in total. The van der Waals surface area contributed by atoms with Crippen molar-refractivity contribution in [2.45, 2.75) is 37.4 Å². The number of carbonyl (C=O) groups excluding carboxylic acids is 2. The van der Waals surface area contributed by atoms with Gasteiger partial charge in [0.2, 0.25) is 11.8 Å². The Morgan fingerprint density at radius 2 is 2.07 bits per heavy atom. The quantitative estimate of drug-likeness (QED) is 0.450. The predicted octanol–water partition coefficient (Wildman–Crippen LogP) is -1.47. The number of esters is 2. The summed E-state index contributed by atoms with van der Waals surface area (Å²) in [5, 5.41) is 20.7. The van der Waals surface area contributed by atoms with E-state index in [9.17, 15) is 19.8 Å². The summed E-state index contributed by atoms with van der Waals surface area (Å²) in [6.45, 7) is -0.408. The lowest BCUT2D eigenvalue weighted by atomic mass is 10.1. The van der Waals surface area contributed by atoms with Crippen LogP contribution >= 0.6 is 0 Å². The number of nitrogens with two attached hydrogens (primary N) is 1. The largest absolute Gasteiger partial charge is 0.479 e. The van der Waals surface area contributed by atoms with E-state index in [0.717, 1.165) is 7.11 Å². The minimum Gasteiger partial charge on any atom is -0.479 e. The van der Waals surface area contributed by atoms with Gasteiger partial charge in [-0.1, -0.05) is 0 Å². The molecule has 5 atom stereocenters. The minimum absolute atomic E-state index is 0.0878. The lowest BCUT2D eigenvalue weighted by molar-refractivity contribution is -0.153. The zero-order chi connectivity index (χ0) is 22.0. The Morgan fingerprint density at radius 1 is 1.31 bits per heavy atom. The molecule has 29 heavy (non-hydrogen) atoms. The first kappa shape index (κ1) is 19.3. The number of rotatable bonds is 7. The molecule has 2 aromatic rings. The Balaban J connectivity index is 1.70. The number of nitrogens with zero attached hydrogens (tertiary/aromatic N) is 4. The minimum atomic E-state index is -1.42.